The molecule has 1 aliphatic rings. The normalized spacial score (nSPS) is 17.6. The van der Waals surface area contributed by atoms with Crippen LogP contribution >= 0.6 is 22.9 Å². The summed E-state index contributed by atoms with van der Waals surface area (Å²) >= 11 is 7.59. The van der Waals surface area contributed by atoms with Crippen LogP contribution in [0.5, 0.6) is 11.5 Å². The third kappa shape index (κ3) is 3.63. The fourth-order valence-electron chi connectivity index (χ4n) is 3.78. The van der Waals surface area contributed by atoms with Crippen molar-refractivity contribution in [2.45, 2.75) is 13.0 Å². The quantitative estimate of drug-likeness (QED) is 0.309. The number of anilines is 1. The van der Waals surface area contributed by atoms with Crippen molar-refractivity contribution in [2.24, 2.45) is 0 Å². The second kappa shape index (κ2) is 8.68. The molecule has 1 saturated heterocycles. The number of aliphatic hydroxyl groups is 1. The van der Waals surface area contributed by atoms with E-state index in [9.17, 15) is 14.7 Å². The number of hydrogen-bond donors (Lipinski definition) is 1. The smallest absolute Gasteiger partial charge is 0.300 e. The lowest BCUT2D eigenvalue weighted by Crippen LogP contribution is -2.29. The number of benzene rings is 2. The van der Waals surface area contributed by atoms with E-state index in [1.807, 2.05) is 24.4 Å². The number of Topliss-reactive ketones (excluding diaryl/α,β-unsaturated/α-hetero) is 1. The van der Waals surface area contributed by atoms with Gasteiger partial charge in [0.1, 0.15) is 23.3 Å². The SMILES string of the molecule is COc1ccc(OC)c(/C(O)=C2/C(=O)C(=O)N(c3cc(Cl)ccc3C)C2c2cccs2)c1. The molecule has 0 radical (unpaired) electrons. The van der Waals surface area contributed by atoms with Crippen molar-refractivity contribution in [3.05, 3.63) is 80.5 Å². The molecule has 4 rings (SSSR count). The van der Waals surface area contributed by atoms with E-state index in [1.54, 1.807) is 36.4 Å². The Morgan fingerprint density at radius 1 is 1.09 bits per heavy atom. The Labute approximate surface area is 194 Å². The van der Waals surface area contributed by atoms with Crippen molar-refractivity contribution in [2.75, 3.05) is 19.1 Å². The average Bonchev–Trinajstić information content (AvgIpc) is 3.41. The molecule has 1 aromatic heterocycles. The number of carbonyl (C=O) groups excluding carboxylic acids is 2. The van der Waals surface area contributed by atoms with Crippen LogP contribution in [0.1, 0.15) is 22.0 Å². The number of amides is 1. The maximum atomic E-state index is 13.3. The molecule has 1 N–H and O–H groups in total. The predicted octanol–water partition coefficient (Wildman–Crippen LogP) is 5.35. The average molecular weight is 470 g/mol. The van der Waals surface area contributed by atoms with Crippen molar-refractivity contribution in [1.82, 2.24) is 0 Å². The summed E-state index contributed by atoms with van der Waals surface area (Å²) in [4.78, 5) is 28.6. The lowest BCUT2D eigenvalue weighted by Gasteiger charge is -2.26. The summed E-state index contributed by atoms with van der Waals surface area (Å²) in [6.45, 7) is 1.83. The maximum Gasteiger partial charge on any atom is 0.300 e. The van der Waals surface area contributed by atoms with Crippen LogP contribution in [0.25, 0.3) is 5.76 Å². The molecule has 0 spiro atoms. The highest BCUT2D eigenvalue weighted by Gasteiger charge is 2.48. The van der Waals surface area contributed by atoms with Crippen molar-refractivity contribution in [3.8, 4) is 11.5 Å². The van der Waals surface area contributed by atoms with Gasteiger partial charge in [0.25, 0.3) is 11.7 Å². The Hall–Kier alpha value is -3.29. The zero-order valence-corrected chi connectivity index (χ0v) is 19.2. The van der Waals surface area contributed by atoms with Crippen LogP contribution in [-0.4, -0.2) is 31.0 Å². The number of halogens is 1. The highest BCUT2D eigenvalue weighted by Crippen LogP contribution is 2.46. The summed E-state index contributed by atoms with van der Waals surface area (Å²) < 4.78 is 10.7. The predicted molar refractivity (Wildman–Crippen MR) is 125 cm³/mol. The Morgan fingerprint density at radius 2 is 1.88 bits per heavy atom. The van der Waals surface area contributed by atoms with E-state index in [0.717, 1.165) is 10.4 Å². The van der Waals surface area contributed by atoms with Gasteiger partial charge in [0, 0.05) is 15.6 Å². The van der Waals surface area contributed by atoms with E-state index in [-0.39, 0.29) is 16.9 Å². The molecule has 3 aromatic rings. The van der Waals surface area contributed by atoms with Gasteiger partial charge in [0.2, 0.25) is 0 Å². The van der Waals surface area contributed by atoms with E-state index in [0.29, 0.717) is 22.2 Å². The van der Waals surface area contributed by atoms with Crippen LogP contribution in [0.3, 0.4) is 0 Å². The first-order valence-corrected chi connectivity index (χ1v) is 11.0. The second-order valence-electron chi connectivity index (χ2n) is 7.18. The summed E-state index contributed by atoms with van der Waals surface area (Å²) in [6, 6.07) is 12.9. The van der Waals surface area contributed by atoms with Gasteiger partial charge in [0.05, 0.1) is 25.4 Å². The number of nitrogens with zero attached hydrogens (tertiary/aromatic N) is 1. The fraction of sp³-hybridized carbons (Fsp3) is 0.167. The van der Waals surface area contributed by atoms with Gasteiger partial charge in [-0.3, -0.25) is 14.5 Å². The molecule has 1 fully saturated rings. The largest absolute Gasteiger partial charge is 0.507 e. The van der Waals surface area contributed by atoms with Crippen LogP contribution < -0.4 is 14.4 Å². The van der Waals surface area contributed by atoms with Gasteiger partial charge in [-0.15, -0.1) is 11.3 Å². The minimum atomic E-state index is -0.817. The standard InChI is InChI=1S/C24H20ClNO5S/c1-13-6-7-14(25)11-17(13)26-21(19-5-4-10-32-19)20(23(28)24(26)29)22(27)16-12-15(30-2)8-9-18(16)31-3/h4-12,21,27H,1-3H3/b22-20-. The Kier molecular flexibility index (Phi) is 5.95. The monoisotopic (exact) mass is 469 g/mol. The molecule has 164 valence electrons. The summed E-state index contributed by atoms with van der Waals surface area (Å²) in [5, 5.41) is 13.6. The number of aryl methyl sites for hydroxylation is 1. The Balaban J connectivity index is 1.99. The van der Waals surface area contributed by atoms with Gasteiger partial charge in [-0.1, -0.05) is 23.7 Å². The number of ether oxygens (including phenoxy) is 2. The molecule has 0 aliphatic carbocycles. The summed E-state index contributed by atoms with van der Waals surface area (Å²) in [5.74, 6) is -1.04. The molecule has 1 amide bonds. The number of carbonyl (C=O) groups is 2. The van der Waals surface area contributed by atoms with Gasteiger partial charge >= 0.3 is 0 Å². The van der Waals surface area contributed by atoms with Crippen LogP contribution in [0.15, 0.2) is 59.5 Å². The molecule has 6 nitrogen and oxygen atoms in total. The van der Waals surface area contributed by atoms with Crippen molar-refractivity contribution >= 4 is 46.1 Å². The number of thiophene rings is 1. The molecule has 2 heterocycles. The van der Waals surface area contributed by atoms with Crippen LogP contribution in [0, 0.1) is 6.92 Å². The second-order valence-corrected chi connectivity index (χ2v) is 8.60. The first-order chi connectivity index (χ1) is 15.4. The van der Waals surface area contributed by atoms with Gasteiger partial charge in [-0.25, -0.2) is 0 Å². The molecular weight excluding hydrogens is 450 g/mol. The van der Waals surface area contributed by atoms with Crippen LogP contribution in [-0.2, 0) is 9.59 Å². The molecule has 8 heteroatoms. The first kappa shape index (κ1) is 21.9. The highest BCUT2D eigenvalue weighted by atomic mass is 35.5. The zero-order chi connectivity index (χ0) is 23.0. The maximum absolute atomic E-state index is 13.3. The first-order valence-electron chi connectivity index (χ1n) is 9.70. The number of aliphatic hydroxyl groups excluding tert-OH is 1. The lowest BCUT2D eigenvalue weighted by atomic mass is 9.98. The van der Waals surface area contributed by atoms with Crippen molar-refractivity contribution in [1.29, 1.82) is 0 Å². The van der Waals surface area contributed by atoms with Crippen LogP contribution in [0.4, 0.5) is 5.69 Å². The van der Waals surface area contributed by atoms with E-state index in [4.69, 9.17) is 21.1 Å². The summed E-state index contributed by atoms with van der Waals surface area (Å²) in [5.41, 5.74) is 1.52. The van der Waals surface area contributed by atoms with Crippen LogP contribution in [0.2, 0.25) is 5.02 Å². The molecule has 1 atom stereocenters. The Bertz CT molecular complexity index is 1240. The molecule has 0 saturated carbocycles. The van der Waals surface area contributed by atoms with E-state index >= 15 is 0 Å². The summed E-state index contributed by atoms with van der Waals surface area (Å²) in [7, 11) is 2.96. The molecule has 1 aliphatic heterocycles. The van der Waals surface area contributed by atoms with Gasteiger partial charge < -0.3 is 14.6 Å². The molecule has 1 unspecified atom stereocenters. The topological polar surface area (TPSA) is 76.1 Å². The minimum Gasteiger partial charge on any atom is -0.507 e. The van der Waals surface area contributed by atoms with E-state index < -0.39 is 17.7 Å². The number of methoxy groups -OCH3 is 2. The fourth-order valence-corrected chi connectivity index (χ4v) is 4.77. The third-order valence-electron chi connectivity index (χ3n) is 5.35. The number of rotatable bonds is 5. The Morgan fingerprint density at radius 3 is 2.53 bits per heavy atom. The highest BCUT2D eigenvalue weighted by molar-refractivity contribution is 7.10. The van der Waals surface area contributed by atoms with E-state index in [1.165, 1.54) is 30.5 Å². The molecule has 2 aromatic carbocycles. The summed E-state index contributed by atoms with van der Waals surface area (Å²) in [6.07, 6.45) is 0. The third-order valence-corrected chi connectivity index (χ3v) is 6.51. The molecule has 32 heavy (non-hydrogen) atoms. The van der Waals surface area contributed by atoms with Crippen molar-refractivity contribution < 1.29 is 24.2 Å². The van der Waals surface area contributed by atoms with Gasteiger partial charge in [0.15, 0.2) is 0 Å². The minimum absolute atomic E-state index is 0.0246. The van der Waals surface area contributed by atoms with Crippen molar-refractivity contribution in [3.63, 3.8) is 0 Å². The molecular formula is C24H20ClNO5S. The van der Waals surface area contributed by atoms with Gasteiger partial charge in [-0.05, 0) is 54.3 Å². The number of hydrogen-bond acceptors (Lipinski definition) is 6. The van der Waals surface area contributed by atoms with E-state index in [2.05, 4.69) is 0 Å². The van der Waals surface area contributed by atoms with Gasteiger partial charge in [-0.2, -0.15) is 0 Å². The zero-order valence-electron chi connectivity index (χ0n) is 17.6. The molecule has 0 bridgehead atoms. The number of ketones is 1. The lowest BCUT2D eigenvalue weighted by molar-refractivity contribution is -0.132.